The van der Waals surface area contributed by atoms with Gasteiger partial charge in [-0.3, -0.25) is 9.69 Å². The summed E-state index contributed by atoms with van der Waals surface area (Å²) in [5.41, 5.74) is 0. The summed E-state index contributed by atoms with van der Waals surface area (Å²) in [5, 5.41) is 0. The van der Waals surface area contributed by atoms with Crippen LogP contribution in [0.2, 0.25) is 0 Å². The lowest BCUT2D eigenvalue weighted by molar-refractivity contribution is -0.146. The zero-order valence-corrected chi connectivity index (χ0v) is 10.7. The van der Waals surface area contributed by atoms with Crippen molar-refractivity contribution >= 4 is 5.97 Å². The maximum Gasteiger partial charge on any atom is 0.308 e. The Kier molecular flexibility index (Phi) is 4.80. The first kappa shape index (κ1) is 12.8. The second-order valence-electron chi connectivity index (χ2n) is 5.06. The first-order valence-electron chi connectivity index (χ1n) is 6.72. The molecule has 4 nitrogen and oxygen atoms in total. The fraction of sp³-hybridized carbons (Fsp3) is 0.923. The molecule has 0 aromatic carbocycles. The van der Waals surface area contributed by atoms with E-state index in [0.29, 0.717) is 12.5 Å². The molecule has 0 spiro atoms. The van der Waals surface area contributed by atoms with Crippen LogP contribution >= 0.6 is 0 Å². The highest BCUT2D eigenvalue weighted by Crippen LogP contribution is 2.24. The maximum atomic E-state index is 11.2. The number of methoxy groups -OCH3 is 1. The van der Waals surface area contributed by atoms with Gasteiger partial charge in [0.15, 0.2) is 0 Å². The van der Waals surface area contributed by atoms with E-state index in [1.54, 1.807) is 0 Å². The third kappa shape index (κ3) is 3.68. The molecule has 1 atom stereocenters. The quantitative estimate of drug-likeness (QED) is 0.703. The van der Waals surface area contributed by atoms with E-state index < -0.39 is 0 Å². The summed E-state index contributed by atoms with van der Waals surface area (Å²) in [6, 6.07) is 0.716. The summed E-state index contributed by atoms with van der Waals surface area (Å²) in [6.07, 6.45) is 7.12. The van der Waals surface area contributed by atoms with Crippen LogP contribution in [0.3, 0.4) is 0 Å². The lowest BCUT2D eigenvalue weighted by Gasteiger charge is -2.39. The average Bonchev–Trinajstić information content (AvgIpc) is 2.40. The molecule has 4 heteroatoms. The van der Waals surface area contributed by atoms with Gasteiger partial charge in [0.2, 0.25) is 0 Å². The van der Waals surface area contributed by atoms with Crippen molar-refractivity contribution in [1.29, 1.82) is 0 Å². The Morgan fingerprint density at radius 2 is 2.12 bits per heavy atom. The minimum Gasteiger partial charge on any atom is -0.469 e. The molecule has 1 saturated heterocycles. The molecule has 1 aliphatic carbocycles. The normalized spacial score (nSPS) is 27.9. The molecule has 0 bridgehead atoms. The molecule has 0 amide bonds. The molecule has 0 radical (unpaired) electrons. The third-order valence-corrected chi connectivity index (χ3v) is 3.88. The highest BCUT2D eigenvalue weighted by atomic mass is 16.5. The largest absolute Gasteiger partial charge is 0.469 e. The number of rotatable bonds is 3. The number of esters is 1. The van der Waals surface area contributed by atoms with Crippen LogP contribution in [0.25, 0.3) is 0 Å². The highest BCUT2D eigenvalue weighted by molar-refractivity contribution is 5.69. The molecule has 0 N–H and O–H groups in total. The van der Waals surface area contributed by atoms with Gasteiger partial charge in [-0.15, -0.1) is 0 Å². The van der Waals surface area contributed by atoms with E-state index in [9.17, 15) is 4.79 Å². The summed E-state index contributed by atoms with van der Waals surface area (Å²) >= 11 is 0. The Morgan fingerprint density at radius 3 is 2.82 bits per heavy atom. The second-order valence-corrected chi connectivity index (χ2v) is 5.06. The molecule has 1 heterocycles. The zero-order chi connectivity index (χ0) is 12.1. The predicted octanol–water partition coefficient (Wildman–Crippen LogP) is 1.58. The zero-order valence-electron chi connectivity index (χ0n) is 10.7. The van der Waals surface area contributed by atoms with Crippen LogP contribution in [0.15, 0.2) is 0 Å². The van der Waals surface area contributed by atoms with Crippen molar-refractivity contribution in [3.63, 3.8) is 0 Å². The fourth-order valence-electron chi connectivity index (χ4n) is 2.91. The maximum absolute atomic E-state index is 11.2. The predicted molar refractivity (Wildman–Crippen MR) is 64.8 cm³/mol. The molecule has 98 valence electrons. The number of ether oxygens (including phenoxy) is 2. The van der Waals surface area contributed by atoms with E-state index in [-0.39, 0.29) is 12.1 Å². The van der Waals surface area contributed by atoms with E-state index in [4.69, 9.17) is 9.47 Å². The molecular weight excluding hydrogens is 218 g/mol. The summed E-state index contributed by atoms with van der Waals surface area (Å²) in [6.45, 7) is 2.65. The molecule has 1 saturated carbocycles. The summed E-state index contributed by atoms with van der Waals surface area (Å²) in [7, 11) is 1.43. The lowest BCUT2D eigenvalue weighted by atomic mass is 9.93. The number of morpholine rings is 1. The fourth-order valence-corrected chi connectivity index (χ4v) is 2.91. The van der Waals surface area contributed by atoms with Crippen LogP contribution in [-0.4, -0.2) is 49.8 Å². The molecule has 2 fully saturated rings. The van der Waals surface area contributed by atoms with Crippen molar-refractivity contribution in [2.24, 2.45) is 0 Å². The molecule has 1 aliphatic heterocycles. The van der Waals surface area contributed by atoms with Gasteiger partial charge in [-0.1, -0.05) is 19.3 Å². The lowest BCUT2D eigenvalue weighted by Crippen LogP contribution is -2.48. The van der Waals surface area contributed by atoms with E-state index in [1.165, 1.54) is 39.2 Å². The van der Waals surface area contributed by atoms with Crippen LogP contribution in [-0.2, 0) is 14.3 Å². The standard InChI is InChI=1S/C13H23NO3/c1-16-13(15)9-12-10-14(7-8-17-12)11-5-3-2-4-6-11/h11-12H,2-10H2,1H3. The Bertz CT molecular complexity index is 251. The number of hydrogen-bond donors (Lipinski definition) is 0. The first-order chi connectivity index (χ1) is 8.29. The van der Waals surface area contributed by atoms with Crippen molar-refractivity contribution in [3.8, 4) is 0 Å². The van der Waals surface area contributed by atoms with Gasteiger partial charge in [0.05, 0.1) is 26.2 Å². The van der Waals surface area contributed by atoms with Crippen LogP contribution in [0.5, 0.6) is 0 Å². The monoisotopic (exact) mass is 241 g/mol. The molecular formula is C13H23NO3. The Labute approximate surface area is 103 Å². The molecule has 17 heavy (non-hydrogen) atoms. The average molecular weight is 241 g/mol. The number of carbonyl (C=O) groups excluding carboxylic acids is 1. The minimum atomic E-state index is -0.166. The Morgan fingerprint density at radius 1 is 1.35 bits per heavy atom. The van der Waals surface area contributed by atoms with Crippen molar-refractivity contribution in [2.45, 2.75) is 50.7 Å². The van der Waals surface area contributed by atoms with Crippen molar-refractivity contribution in [2.75, 3.05) is 26.8 Å². The molecule has 0 aromatic heterocycles. The topological polar surface area (TPSA) is 38.8 Å². The SMILES string of the molecule is COC(=O)CC1CN(C2CCCCC2)CCO1. The van der Waals surface area contributed by atoms with E-state index in [1.807, 2.05) is 0 Å². The van der Waals surface area contributed by atoms with Gasteiger partial charge in [-0.25, -0.2) is 0 Å². The Balaban J connectivity index is 1.81. The van der Waals surface area contributed by atoms with Crippen LogP contribution in [0, 0.1) is 0 Å². The summed E-state index contributed by atoms with van der Waals surface area (Å²) in [4.78, 5) is 13.8. The smallest absolute Gasteiger partial charge is 0.308 e. The van der Waals surface area contributed by atoms with Crippen LogP contribution in [0.1, 0.15) is 38.5 Å². The summed E-state index contributed by atoms with van der Waals surface area (Å²) < 4.78 is 10.3. The van der Waals surface area contributed by atoms with E-state index >= 15 is 0 Å². The van der Waals surface area contributed by atoms with Gasteiger partial charge in [-0.2, -0.15) is 0 Å². The highest BCUT2D eigenvalue weighted by Gasteiger charge is 2.28. The van der Waals surface area contributed by atoms with Crippen molar-refractivity contribution < 1.29 is 14.3 Å². The molecule has 2 aliphatic rings. The molecule has 1 unspecified atom stereocenters. The van der Waals surface area contributed by atoms with E-state index in [0.717, 1.165) is 19.7 Å². The minimum absolute atomic E-state index is 0.0260. The molecule has 0 aromatic rings. The first-order valence-corrected chi connectivity index (χ1v) is 6.72. The molecule has 2 rings (SSSR count). The van der Waals surface area contributed by atoms with E-state index in [2.05, 4.69) is 4.90 Å². The van der Waals surface area contributed by atoms with Crippen molar-refractivity contribution in [1.82, 2.24) is 4.90 Å². The number of carbonyl (C=O) groups is 1. The number of nitrogens with zero attached hydrogens (tertiary/aromatic N) is 1. The second kappa shape index (κ2) is 6.36. The number of hydrogen-bond acceptors (Lipinski definition) is 4. The van der Waals surface area contributed by atoms with Gasteiger partial charge in [0, 0.05) is 19.1 Å². The van der Waals surface area contributed by atoms with Gasteiger partial charge in [-0.05, 0) is 12.8 Å². The Hall–Kier alpha value is -0.610. The van der Waals surface area contributed by atoms with Gasteiger partial charge in [0.1, 0.15) is 0 Å². The van der Waals surface area contributed by atoms with Crippen LogP contribution < -0.4 is 0 Å². The van der Waals surface area contributed by atoms with Gasteiger partial charge >= 0.3 is 5.97 Å². The van der Waals surface area contributed by atoms with Crippen LogP contribution in [0.4, 0.5) is 0 Å². The van der Waals surface area contributed by atoms with Gasteiger partial charge in [0.25, 0.3) is 0 Å². The van der Waals surface area contributed by atoms with Gasteiger partial charge < -0.3 is 9.47 Å². The third-order valence-electron chi connectivity index (χ3n) is 3.88. The summed E-state index contributed by atoms with van der Waals surface area (Å²) in [5.74, 6) is -0.166. The van der Waals surface area contributed by atoms with Crippen molar-refractivity contribution in [3.05, 3.63) is 0 Å².